The van der Waals surface area contributed by atoms with Crippen LogP contribution in [0.1, 0.15) is 27.0 Å². The van der Waals surface area contributed by atoms with E-state index in [-0.39, 0.29) is 22.9 Å². The van der Waals surface area contributed by atoms with Crippen LogP contribution in [-0.2, 0) is 9.32 Å². The molecule has 1 aliphatic carbocycles. The highest BCUT2D eigenvalue weighted by Gasteiger charge is 2.34. The zero-order chi connectivity index (χ0) is 18.3. The van der Waals surface area contributed by atoms with Gasteiger partial charge in [-0.3, -0.25) is 10.2 Å². The quantitative estimate of drug-likeness (QED) is 0.250. The highest BCUT2D eigenvalue weighted by atomic mass is 32.2. The van der Waals surface area contributed by atoms with Gasteiger partial charge in [0.25, 0.3) is 0 Å². The topological polar surface area (TPSA) is 121 Å². The summed E-state index contributed by atoms with van der Waals surface area (Å²) >= 11 is 0.942. The number of aromatic nitrogens is 1. The number of benzene rings is 2. The van der Waals surface area contributed by atoms with E-state index in [4.69, 9.17) is 11.3 Å². The Kier molecular flexibility index (Phi) is 4.09. The Balaban J connectivity index is 1.81. The summed E-state index contributed by atoms with van der Waals surface area (Å²) in [6.45, 7) is 0. The lowest BCUT2D eigenvalue weighted by Crippen LogP contribution is -2.19. The standard InChI is InChI=1S/C18H13N3O4S/c19-15-11-3-1-2-4-12(11)17(22)14-13(15)18(23)21-16(14)9-5-7-10(8-6-9)26-25-24-20/h1-8,19,21,23H,20H2. The number of nitrogens with two attached hydrogens (primary N) is 1. The fraction of sp³-hybridized carbons (Fsp3) is 0. The minimum Gasteiger partial charge on any atom is -0.494 e. The highest BCUT2D eigenvalue weighted by molar-refractivity contribution is 7.94. The van der Waals surface area contributed by atoms with Gasteiger partial charge in [-0.1, -0.05) is 36.4 Å². The molecule has 5 N–H and O–H groups in total. The van der Waals surface area contributed by atoms with Crippen molar-refractivity contribution in [2.24, 2.45) is 5.90 Å². The van der Waals surface area contributed by atoms with E-state index in [0.29, 0.717) is 27.9 Å². The lowest BCUT2D eigenvalue weighted by molar-refractivity contribution is -0.195. The van der Waals surface area contributed by atoms with Gasteiger partial charge in [-0.15, -0.1) is 9.32 Å². The molecular formula is C18H13N3O4S. The maximum absolute atomic E-state index is 13.0. The molecule has 8 heteroatoms. The average Bonchev–Trinajstić information content (AvgIpc) is 3.02. The van der Waals surface area contributed by atoms with E-state index >= 15 is 0 Å². The number of H-pyrrole nitrogens is 1. The maximum atomic E-state index is 13.0. The molecule has 0 radical (unpaired) electrons. The summed E-state index contributed by atoms with van der Waals surface area (Å²) in [5.74, 6) is 4.39. The lowest BCUT2D eigenvalue weighted by atomic mass is 9.84. The van der Waals surface area contributed by atoms with Crippen LogP contribution in [0.15, 0.2) is 53.4 Å². The number of rotatable bonds is 4. The first-order valence-corrected chi connectivity index (χ1v) is 8.34. The number of aromatic hydroxyl groups is 1. The third-order valence-corrected chi connectivity index (χ3v) is 4.82. The van der Waals surface area contributed by atoms with Crippen molar-refractivity contribution in [2.45, 2.75) is 4.90 Å². The minimum atomic E-state index is -0.225. The fourth-order valence-electron chi connectivity index (χ4n) is 3.08. The lowest BCUT2D eigenvalue weighted by Gasteiger charge is -2.17. The van der Waals surface area contributed by atoms with Gasteiger partial charge in [0.15, 0.2) is 11.7 Å². The van der Waals surface area contributed by atoms with E-state index in [1.54, 1.807) is 48.5 Å². The molecule has 0 fully saturated rings. The van der Waals surface area contributed by atoms with Gasteiger partial charge in [0, 0.05) is 16.0 Å². The van der Waals surface area contributed by atoms with Crippen molar-refractivity contribution >= 4 is 23.5 Å². The van der Waals surface area contributed by atoms with Crippen LogP contribution >= 0.6 is 12.0 Å². The Hall–Kier alpha value is -2.91. The molecule has 0 atom stereocenters. The summed E-state index contributed by atoms with van der Waals surface area (Å²) < 4.78 is 4.59. The molecule has 2 aromatic carbocycles. The first-order chi connectivity index (χ1) is 12.6. The number of carbonyl (C=O) groups excluding carboxylic acids is 1. The van der Waals surface area contributed by atoms with Crippen molar-refractivity contribution in [1.29, 1.82) is 5.41 Å². The molecule has 26 heavy (non-hydrogen) atoms. The molecule has 0 bridgehead atoms. The summed E-state index contributed by atoms with van der Waals surface area (Å²) in [5.41, 5.74) is 2.77. The van der Waals surface area contributed by atoms with E-state index < -0.39 is 0 Å². The molecular weight excluding hydrogens is 354 g/mol. The molecule has 1 heterocycles. The van der Waals surface area contributed by atoms with Crippen LogP contribution in [0.2, 0.25) is 0 Å². The van der Waals surface area contributed by atoms with Gasteiger partial charge in [0.1, 0.15) is 0 Å². The highest BCUT2D eigenvalue weighted by Crippen LogP contribution is 2.39. The first-order valence-electron chi connectivity index (χ1n) is 7.60. The van der Waals surface area contributed by atoms with Crippen LogP contribution in [0.25, 0.3) is 11.3 Å². The van der Waals surface area contributed by atoms with Crippen molar-refractivity contribution < 1.29 is 19.2 Å². The second-order valence-electron chi connectivity index (χ2n) is 5.62. The Labute approximate surface area is 152 Å². The minimum absolute atomic E-state index is 0.121. The third kappa shape index (κ3) is 2.52. The average molecular weight is 367 g/mol. The van der Waals surface area contributed by atoms with E-state index in [0.717, 1.165) is 16.9 Å². The van der Waals surface area contributed by atoms with Gasteiger partial charge >= 0.3 is 0 Å². The van der Waals surface area contributed by atoms with Crippen LogP contribution < -0.4 is 5.90 Å². The molecule has 0 unspecified atom stereocenters. The summed E-state index contributed by atoms with van der Waals surface area (Å²) in [4.78, 5) is 20.6. The van der Waals surface area contributed by atoms with Gasteiger partial charge < -0.3 is 10.1 Å². The molecule has 0 aliphatic heterocycles. The van der Waals surface area contributed by atoms with Crippen molar-refractivity contribution in [1.82, 2.24) is 4.98 Å². The summed E-state index contributed by atoms with van der Waals surface area (Å²) in [6, 6.07) is 14.0. The Bertz CT molecular complexity index is 1030. The predicted octanol–water partition coefficient (Wildman–Crippen LogP) is 3.18. The largest absolute Gasteiger partial charge is 0.494 e. The van der Waals surface area contributed by atoms with Crippen molar-refractivity contribution in [3.63, 3.8) is 0 Å². The van der Waals surface area contributed by atoms with Crippen LogP contribution in [0.4, 0.5) is 0 Å². The fourth-order valence-corrected chi connectivity index (χ4v) is 3.44. The van der Waals surface area contributed by atoms with Crippen molar-refractivity contribution in [2.75, 3.05) is 0 Å². The SMILES string of the molecule is N=C1c2ccccc2C(=O)c2c(-c3ccc(SOON)cc3)[nH]c(O)c21. The second kappa shape index (κ2) is 6.43. The van der Waals surface area contributed by atoms with Gasteiger partial charge in [-0.2, -0.15) is 5.90 Å². The molecule has 3 aromatic rings. The predicted molar refractivity (Wildman–Crippen MR) is 95.9 cm³/mol. The Morgan fingerprint density at radius 2 is 1.73 bits per heavy atom. The number of hydrogen-bond acceptors (Lipinski definition) is 7. The van der Waals surface area contributed by atoms with E-state index in [9.17, 15) is 9.90 Å². The number of nitrogens with one attached hydrogen (secondary N) is 2. The number of hydrogen-bond donors (Lipinski definition) is 4. The van der Waals surface area contributed by atoms with Gasteiger partial charge in [0.05, 0.1) is 34.6 Å². The number of aromatic amines is 1. The molecule has 0 saturated heterocycles. The van der Waals surface area contributed by atoms with Crippen LogP contribution in [0.5, 0.6) is 5.88 Å². The first kappa shape index (κ1) is 16.6. The molecule has 0 spiro atoms. The Morgan fingerprint density at radius 3 is 2.42 bits per heavy atom. The molecule has 0 saturated carbocycles. The molecule has 0 amide bonds. The molecule has 1 aliphatic rings. The van der Waals surface area contributed by atoms with Crippen LogP contribution in [0, 0.1) is 5.41 Å². The zero-order valence-corrected chi connectivity index (χ0v) is 14.1. The van der Waals surface area contributed by atoms with Gasteiger partial charge in [-0.05, 0) is 17.7 Å². The molecule has 4 rings (SSSR count). The number of ketones is 1. The summed E-state index contributed by atoms with van der Waals surface area (Å²) in [5, 5.41) is 18.7. The van der Waals surface area contributed by atoms with E-state index in [2.05, 4.69) is 14.3 Å². The van der Waals surface area contributed by atoms with Crippen LogP contribution in [-0.4, -0.2) is 21.6 Å². The molecule has 130 valence electrons. The number of fused-ring (bicyclic) bond motifs is 2. The van der Waals surface area contributed by atoms with Crippen molar-refractivity contribution in [3.05, 3.63) is 70.8 Å². The number of carbonyl (C=O) groups is 1. The van der Waals surface area contributed by atoms with E-state index in [1.165, 1.54) is 0 Å². The maximum Gasteiger partial charge on any atom is 0.199 e. The van der Waals surface area contributed by atoms with Crippen LogP contribution in [0.3, 0.4) is 0 Å². The Morgan fingerprint density at radius 1 is 1.04 bits per heavy atom. The second-order valence-corrected chi connectivity index (χ2v) is 6.39. The summed E-state index contributed by atoms with van der Waals surface area (Å²) in [7, 11) is 0. The molecule has 7 nitrogen and oxygen atoms in total. The van der Waals surface area contributed by atoms with Gasteiger partial charge in [0.2, 0.25) is 0 Å². The monoisotopic (exact) mass is 367 g/mol. The van der Waals surface area contributed by atoms with E-state index in [1.807, 2.05) is 0 Å². The molecule has 1 aromatic heterocycles. The summed E-state index contributed by atoms with van der Waals surface area (Å²) in [6.07, 6.45) is 0. The third-order valence-electron chi connectivity index (χ3n) is 4.21. The van der Waals surface area contributed by atoms with Crippen molar-refractivity contribution in [3.8, 4) is 17.1 Å². The van der Waals surface area contributed by atoms with Gasteiger partial charge in [-0.25, -0.2) is 0 Å². The normalized spacial score (nSPS) is 12.8. The zero-order valence-electron chi connectivity index (χ0n) is 13.3. The smallest absolute Gasteiger partial charge is 0.199 e.